The van der Waals surface area contributed by atoms with Crippen molar-refractivity contribution in [3.8, 4) is 5.75 Å². The number of methoxy groups -OCH3 is 1. The Kier molecular flexibility index (Phi) is 4.25. The zero-order chi connectivity index (χ0) is 13.0. The molecule has 1 aromatic carbocycles. The zero-order valence-corrected chi connectivity index (χ0v) is 11.2. The Hall–Kier alpha value is -1.06. The van der Waals surface area contributed by atoms with Crippen LogP contribution in [0.15, 0.2) is 24.3 Å². The van der Waals surface area contributed by atoms with Crippen LogP contribution in [0.5, 0.6) is 5.75 Å². The molecular weight excluding hydrogens is 228 g/mol. The smallest absolute Gasteiger partial charge is 0.119 e. The predicted octanol–water partition coefficient (Wildman–Crippen LogP) is 2.86. The van der Waals surface area contributed by atoms with Gasteiger partial charge < -0.3 is 14.6 Å². The highest BCUT2D eigenvalue weighted by molar-refractivity contribution is 5.31. The molecule has 0 saturated heterocycles. The Balaban J connectivity index is 2.06. The first kappa shape index (κ1) is 13.4. The maximum absolute atomic E-state index is 10.7. The molecule has 100 valence electrons. The van der Waals surface area contributed by atoms with Gasteiger partial charge in [-0.05, 0) is 50.3 Å². The second-order valence-corrected chi connectivity index (χ2v) is 4.92. The molecule has 0 unspecified atom stereocenters. The van der Waals surface area contributed by atoms with Crippen LogP contribution in [0.1, 0.15) is 38.2 Å². The molecule has 1 fully saturated rings. The van der Waals surface area contributed by atoms with Crippen molar-refractivity contribution in [2.75, 3.05) is 13.7 Å². The highest BCUT2D eigenvalue weighted by Gasteiger charge is 2.34. The second-order valence-electron chi connectivity index (χ2n) is 4.92. The summed E-state index contributed by atoms with van der Waals surface area (Å²) in [4.78, 5) is 0. The molecule has 1 aromatic rings. The standard InChI is InChI=1S/C15H22O3/c1-3-18-14-6-4-12(5-7-14)15(16)10-8-13(17-2)9-11-15/h4-7,13,16H,3,8-11H2,1-2H3. The Morgan fingerprint density at radius 2 is 1.83 bits per heavy atom. The zero-order valence-electron chi connectivity index (χ0n) is 11.2. The van der Waals surface area contributed by atoms with E-state index in [1.165, 1.54) is 0 Å². The van der Waals surface area contributed by atoms with E-state index in [0.717, 1.165) is 37.0 Å². The van der Waals surface area contributed by atoms with E-state index < -0.39 is 5.60 Å². The highest BCUT2D eigenvalue weighted by atomic mass is 16.5. The molecular formula is C15H22O3. The van der Waals surface area contributed by atoms with E-state index >= 15 is 0 Å². The van der Waals surface area contributed by atoms with Crippen molar-refractivity contribution in [1.82, 2.24) is 0 Å². The fraction of sp³-hybridized carbons (Fsp3) is 0.600. The van der Waals surface area contributed by atoms with Crippen LogP contribution < -0.4 is 4.74 Å². The molecule has 1 aliphatic rings. The minimum absolute atomic E-state index is 0.299. The number of benzene rings is 1. The van der Waals surface area contributed by atoms with E-state index in [-0.39, 0.29) is 0 Å². The first-order valence-electron chi connectivity index (χ1n) is 6.66. The maximum Gasteiger partial charge on any atom is 0.119 e. The van der Waals surface area contributed by atoms with Crippen molar-refractivity contribution in [1.29, 1.82) is 0 Å². The molecule has 1 saturated carbocycles. The summed E-state index contributed by atoms with van der Waals surface area (Å²) >= 11 is 0. The summed E-state index contributed by atoms with van der Waals surface area (Å²) in [5.41, 5.74) is 0.292. The maximum atomic E-state index is 10.7. The third-order valence-electron chi connectivity index (χ3n) is 3.80. The van der Waals surface area contributed by atoms with Crippen LogP contribution in [0.2, 0.25) is 0 Å². The van der Waals surface area contributed by atoms with Crippen LogP contribution in [-0.4, -0.2) is 24.9 Å². The molecule has 2 rings (SSSR count). The van der Waals surface area contributed by atoms with Crippen molar-refractivity contribution in [3.05, 3.63) is 29.8 Å². The highest BCUT2D eigenvalue weighted by Crippen LogP contribution is 2.38. The molecule has 3 heteroatoms. The molecule has 18 heavy (non-hydrogen) atoms. The molecule has 0 aromatic heterocycles. The lowest BCUT2D eigenvalue weighted by atomic mass is 9.78. The fourth-order valence-corrected chi connectivity index (χ4v) is 2.62. The molecule has 0 radical (unpaired) electrons. The van der Waals surface area contributed by atoms with E-state index in [1.807, 2.05) is 31.2 Å². The van der Waals surface area contributed by atoms with Gasteiger partial charge in [0.2, 0.25) is 0 Å². The Bertz CT molecular complexity index is 364. The fourth-order valence-electron chi connectivity index (χ4n) is 2.62. The summed E-state index contributed by atoms with van der Waals surface area (Å²) in [6.07, 6.45) is 3.66. The summed E-state index contributed by atoms with van der Waals surface area (Å²) in [5.74, 6) is 0.857. The minimum atomic E-state index is -0.695. The molecule has 0 heterocycles. The lowest BCUT2D eigenvalue weighted by Gasteiger charge is -2.36. The number of hydrogen-bond donors (Lipinski definition) is 1. The van der Waals surface area contributed by atoms with Gasteiger partial charge in [0.05, 0.1) is 18.3 Å². The van der Waals surface area contributed by atoms with E-state index in [4.69, 9.17) is 9.47 Å². The van der Waals surface area contributed by atoms with Gasteiger partial charge in [-0.15, -0.1) is 0 Å². The van der Waals surface area contributed by atoms with Gasteiger partial charge in [-0.3, -0.25) is 0 Å². The first-order valence-corrected chi connectivity index (χ1v) is 6.66. The average Bonchev–Trinajstić information content (AvgIpc) is 2.41. The van der Waals surface area contributed by atoms with E-state index in [9.17, 15) is 5.11 Å². The van der Waals surface area contributed by atoms with Gasteiger partial charge in [-0.1, -0.05) is 12.1 Å². The quantitative estimate of drug-likeness (QED) is 0.893. The van der Waals surface area contributed by atoms with E-state index in [2.05, 4.69) is 0 Å². The first-order chi connectivity index (χ1) is 8.68. The molecule has 3 nitrogen and oxygen atoms in total. The summed E-state index contributed by atoms with van der Waals surface area (Å²) in [6.45, 7) is 2.63. The molecule has 0 amide bonds. The Morgan fingerprint density at radius 1 is 1.22 bits per heavy atom. The number of aliphatic hydroxyl groups is 1. The van der Waals surface area contributed by atoms with Gasteiger partial charge in [0.1, 0.15) is 5.75 Å². The van der Waals surface area contributed by atoms with E-state index in [1.54, 1.807) is 7.11 Å². The van der Waals surface area contributed by atoms with Gasteiger partial charge >= 0.3 is 0 Å². The Labute approximate surface area is 109 Å². The van der Waals surface area contributed by atoms with Crippen LogP contribution in [0, 0.1) is 0 Å². The molecule has 1 aliphatic carbocycles. The average molecular weight is 250 g/mol. The second kappa shape index (κ2) is 5.72. The number of hydrogen-bond acceptors (Lipinski definition) is 3. The number of ether oxygens (including phenoxy) is 2. The van der Waals surface area contributed by atoms with E-state index in [0.29, 0.717) is 12.7 Å². The van der Waals surface area contributed by atoms with Crippen LogP contribution in [0.25, 0.3) is 0 Å². The monoisotopic (exact) mass is 250 g/mol. The van der Waals surface area contributed by atoms with Gasteiger partial charge in [0.15, 0.2) is 0 Å². The summed E-state index contributed by atoms with van der Waals surface area (Å²) in [7, 11) is 1.74. The van der Waals surface area contributed by atoms with Crippen LogP contribution >= 0.6 is 0 Å². The van der Waals surface area contributed by atoms with Crippen molar-refractivity contribution in [3.63, 3.8) is 0 Å². The van der Waals surface area contributed by atoms with Crippen LogP contribution in [0.4, 0.5) is 0 Å². The van der Waals surface area contributed by atoms with Gasteiger partial charge in [-0.25, -0.2) is 0 Å². The SMILES string of the molecule is CCOc1ccc(C2(O)CCC(OC)CC2)cc1. The number of rotatable bonds is 4. The van der Waals surface area contributed by atoms with Crippen LogP contribution in [0.3, 0.4) is 0 Å². The normalized spacial score (nSPS) is 28.1. The minimum Gasteiger partial charge on any atom is -0.494 e. The molecule has 1 N–H and O–H groups in total. The Morgan fingerprint density at radius 3 is 2.33 bits per heavy atom. The van der Waals surface area contributed by atoms with Crippen LogP contribution in [-0.2, 0) is 10.3 Å². The molecule has 0 bridgehead atoms. The third kappa shape index (κ3) is 2.85. The summed E-state index contributed by atoms with van der Waals surface area (Å²) < 4.78 is 10.8. The lowest BCUT2D eigenvalue weighted by Crippen LogP contribution is -2.33. The molecule has 0 aliphatic heterocycles. The van der Waals surface area contributed by atoms with Crippen molar-refractivity contribution in [2.45, 2.75) is 44.3 Å². The van der Waals surface area contributed by atoms with Gasteiger partial charge in [-0.2, -0.15) is 0 Å². The van der Waals surface area contributed by atoms with Gasteiger partial charge in [0.25, 0.3) is 0 Å². The van der Waals surface area contributed by atoms with Crippen molar-refractivity contribution >= 4 is 0 Å². The van der Waals surface area contributed by atoms with Crippen molar-refractivity contribution in [2.24, 2.45) is 0 Å². The summed E-state index contributed by atoms with van der Waals surface area (Å²) in [6, 6.07) is 7.80. The summed E-state index contributed by atoms with van der Waals surface area (Å²) in [5, 5.41) is 10.7. The molecule has 0 spiro atoms. The van der Waals surface area contributed by atoms with Crippen molar-refractivity contribution < 1.29 is 14.6 Å². The van der Waals surface area contributed by atoms with Gasteiger partial charge in [0, 0.05) is 7.11 Å². The topological polar surface area (TPSA) is 38.7 Å². The lowest BCUT2D eigenvalue weighted by molar-refractivity contribution is -0.0474. The third-order valence-corrected chi connectivity index (χ3v) is 3.80. The largest absolute Gasteiger partial charge is 0.494 e. The predicted molar refractivity (Wildman–Crippen MR) is 70.8 cm³/mol. The molecule has 0 atom stereocenters.